The van der Waals surface area contributed by atoms with E-state index in [4.69, 9.17) is 9.15 Å². The van der Waals surface area contributed by atoms with Gasteiger partial charge in [-0.25, -0.2) is 9.18 Å². The van der Waals surface area contributed by atoms with Gasteiger partial charge in [-0.2, -0.15) is 0 Å². The summed E-state index contributed by atoms with van der Waals surface area (Å²) in [7, 11) is 0. The van der Waals surface area contributed by atoms with E-state index in [0.717, 1.165) is 0 Å². The summed E-state index contributed by atoms with van der Waals surface area (Å²) in [5.74, 6) is -0.742. The van der Waals surface area contributed by atoms with Crippen LogP contribution in [0.15, 0.2) is 51.9 Å². The lowest BCUT2D eigenvalue weighted by atomic mass is 10.1. The Kier molecular flexibility index (Phi) is 4.16. The molecule has 5 heteroatoms. The molecule has 98 valence electrons. The van der Waals surface area contributed by atoms with E-state index in [9.17, 15) is 9.18 Å². The highest BCUT2D eigenvalue weighted by Gasteiger charge is 2.15. The normalized spacial score (nSPS) is 10.2. The molecular weight excluding hydrogens is 315 g/mol. The second-order valence-electron chi connectivity index (χ2n) is 3.68. The molecule has 0 atom stereocenters. The number of ether oxygens (including phenoxy) is 1. The van der Waals surface area contributed by atoms with Gasteiger partial charge in [0, 0.05) is 4.47 Å². The minimum atomic E-state index is -0.608. The second-order valence-corrected chi connectivity index (χ2v) is 4.59. The maximum atomic E-state index is 13.7. The van der Waals surface area contributed by atoms with Gasteiger partial charge in [0.15, 0.2) is 0 Å². The van der Waals surface area contributed by atoms with Crippen LogP contribution in [0.4, 0.5) is 4.39 Å². The van der Waals surface area contributed by atoms with Gasteiger partial charge in [0.2, 0.25) is 5.76 Å². The van der Waals surface area contributed by atoms with Crippen LogP contribution in [0.5, 0.6) is 0 Å². The molecule has 0 aliphatic heterocycles. The first-order valence-electron chi connectivity index (χ1n) is 5.45. The number of rotatable bonds is 4. The Morgan fingerprint density at radius 1 is 1.42 bits per heavy atom. The third-order valence-electron chi connectivity index (χ3n) is 2.34. The Hall–Kier alpha value is -1.88. The Labute approximate surface area is 117 Å². The number of benzene rings is 1. The largest absolute Gasteiger partial charge is 0.456 e. The first-order chi connectivity index (χ1) is 9.11. The quantitative estimate of drug-likeness (QED) is 0.625. The van der Waals surface area contributed by atoms with Crippen molar-refractivity contribution in [3.05, 3.63) is 59.0 Å². The molecule has 0 fully saturated rings. The van der Waals surface area contributed by atoms with Crippen molar-refractivity contribution in [2.75, 3.05) is 6.61 Å². The molecule has 0 radical (unpaired) electrons. The molecule has 0 unspecified atom stereocenters. The standard InChI is InChI=1S/C14H10BrFO3/c1-2-7-18-14(17)13-6-5-12(19-13)10-4-3-9(15)8-11(10)16/h2-6,8H,1,7H2. The van der Waals surface area contributed by atoms with Crippen LogP contribution in [-0.4, -0.2) is 12.6 Å². The molecule has 0 aliphatic rings. The van der Waals surface area contributed by atoms with Crippen LogP contribution >= 0.6 is 15.9 Å². The summed E-state index contributed by atoms with van der Waals surface area (Å²) < 4.78 is 24.5. The first-order valence-corrected chi connectivity index (χ1v) is 6.24. The van der Waals surface area contributed by atoms with Gasteiger partial charge in [-0.3, -0.25) is 0 Å². The smallest absolute Gasteiger partial charge is 0.374 e. The van der Waals surface area contributed by atoms with Crippen molar-refractivity contribution in [1.29, 1.82) is 0 Å². The van der Waals surface area contributed by atoms with Crippen molar-refractivity contribution in [3.63, 3.8) is 0 Å². The zero-order valence-electron chi connectivity index (χ0n) is 9.86. The highest BCUT2D eigenvalue weighted by Crippen LogP contribution is 2.27. The van der Waals surface area contributed by atoms with Gasteiger partial charge < -0.3 is 9.15 Å². The van der Waals surface area contributed by atoms with Crippen molar-refractivity contribution >= 4 is 21.9 Å². The third kappa shape index (κ3) is 3.12. The molecule has 0 amide bonds. The Morgan fingerprint density at radius 2 is 2.21 bits per heavy atom. The second kappa shape index (κ2) is 5.84. The highest BCUT2D eigenvalue weighted by molar-refractivity contribution is 9.10. The molecule has 2 rings (SSSR count). The van der Waals surface area contributed by atoms with Crippen LogP contribution < -0.4 is 0 Å². The molecule has 0 saturated heterocycles. The molecule has 1 aromatic carbocycles. The van der Waals surface area contributed by atoms with E-state index < -0.39 is 11.8 Å². The van der Waals surface area contributed by atoms with E-state index in [1.165, 1.54) is 24.3 Å². The maximum absolute atomic E-state index is 13.7. The van der Waals surface area contributed by atoms with E-state index in [1.807, 2.05) is 0 Å². The summed E-state index contributed by atoms with van der Waals surface area (Å²) in [6.45, 7) is 3.54. The fourth-order valence-electron chi connectivity index (χ4n) is 1.49. The lowest BCUT2D eigenvalue weighted by Crippen LogP contribution is -2.03. The number of halogens is 2. The van der Waals surface area contributed by atoms with E-state index in [0.29, 0.717) is 4.47 Å². The average molecular weight is 325 g/mol. The maximum Gasteiger partial charge on any atom is 0.374 e. The van der Waals surface area contributed by atoms with Crippen LogP contribution in [-0.2, 0) is 4.74 Å². The fourth-order valence-corrected chi connectivity index (χ4v) is 1.82. The fraction of sp³-hybridized carbons (Fsp3) is 0.0714. The van der Waals surface area contributed by atoms with Crippen LogP contribution in [0, 0.1) is 5.82 Å². The number of hydrogen-bond donors (Lipinski definition) is 0. The zero-order valence-corrected chi connectivity index (χ0v) is 11.4. The topological polar surface area (TPSA) is 39.4 Å². The van der Waals surface area contributed by atoms with E-state index >= 15 is 0 Å². The summed E-state index contributed by atoms with van der Waals surface area (Å²) in [6.07, 6.45) is 1.45. The molecular formula is C14H10BrFO3. The molecule has 2 aromatic rings. The van der Waals surface area contributed by atoms with E-state index in [2.05, 4.69) is 22.5 Å². The van der Waals surface area contributed by atoms with Crippen molar-refractivity contribution in [1.82, 2.24) is 0 Å². The van der Waals surface area contributed by atoms with Crippen LogP contribution in [0.3, 0.4) is 0 Å². The van der Waals surface area contributed by atoms with Crippen molar-refractivity contribution in [3.8, 4) is 11.3 Å². The Bertz CT molecular complexity index is 619. The molecule has 0 N–H and O–H groups in total. The lowest BCUT2D eigenvalue weighted by molar-refractivity contribution is 0.0514. The minimum absolute atomic E-state index is 0.0270. The molecule has 0 aliphatic carbocycles. The van der Waals surface area contributed by atoms with Gasteiger partial charge in [-0.05, 0) is 30.3 Å². The molecule has 19 heavy (non-hydrogen) atoms. The Morgan fingerprint density at radius 3 is 2.89 bits per heavy atom. The van der Waals surface area contributed by atoms with Gasteiger partial charge in [0.05, 0.1) is 5.56 Å². The van der Waals surface area contributed by atoms with Gasteiger partial charge >= 0.3 is 5.97 Å². The van der Waals surface area contributed by atoms with Crippen LogP contribution in [0.2, 0.25) is 0 Å². The van der Waals surface area contributed by atoms with Crippen molar-refractivity contribution < 1.29 is 18.3 Å². The number of hydrogen-bond acceptors (Lipinski definition) is 3. The van der Waals surface area contributed by atoms with Gasteiger partial charge in [0.25, 0.3) is 0 Å². The number of carbonyl (C=O) groups excluding carboxylic acids is 1. The van der Waals surface area contributed by atoms with Gasteiger partial charge in [-0.15, -0.1) is 0 Å². The number of esters is 1. The van der Waals surface area contributed by atoms with Gasteiger partial charge in [0.1, 0.15) is 18.2 Å². The predicted molar refractivity (Wildman–Crippen MR) is 72.3 cm³/mol. The summed E-state index contributed by atoms with van der Waals surface area (Å²) >= 11 is 3.17. The molecule has 0 spiro atoms. The minimum Gasteiger partial charge on any atom is -0.456 e. The zero-order chi connectivity index (χ0) is 13.8. The molecule has 3 nitrogen and oxygen atoms in total. The number of furan rings is 1. The van der Waals surface area contributed by atoms with Crippen molar-refractivity contribution in [2.24, 2.45) is 0 Å². The number of carbonyl (C=O) groups is 1. The van der Waals surface area contributed by atoms with Crippen LogP contribution in [0.1, 0.15) is 10.6 Å². The SMILES string of the molecule is C=CCOC(=O)c1ccc(-c2ccc(Br)cc2F)o1. The predicted octanol–water partition coefficient (Wildman–Crippen LogP) is 4.19. The van der Waals surface area contributed by atoms with E-state index in [1.54, 1.807) is 12.1 Å². The van der Waals surface area contributed by atoms with Gasteiger partial charge in [-0.1, -0.05) is 28.6 Å². The van der Waals surface area contributed by atoms with Crippen molar-refractivity contribution in [2.45, 2.75) is 0 Å². The highest BCUT2D eigenvalue weighted by atomic mass is 79.9. The average Bonchev–Trinajstić information content (AvgIpc) is 2.85. The molecule has 0 saturated carbocycles. The summed E-state index contributed by atoms with van der Waals surface area (Å²) in [6, 6.07) is 7.56. The summed E-state index contributed by atoms with van der Waals surface area (Å²) in [5.41, 5.74) is 0.283. The molecule has 1 heterocycles. The third-order valence-corrected chi connectivity index (χ3v) is 2.83. The lowest BCUT2D eigenvalue weighted by Gasteiger charge is -2.00. The van der Waals surface area contributed by atoms with Crippen LogP contribution in [0.25, 0.3) is 11.3 Å². The summed E-state index contributed by atoms with van der Waals surface area (Å²) in [4.78, 5) is 11.5. The van der Waals surface area contributed by atoms with E-state index in [-0.39, 0.29) is 23.7 Å². The molecule has 0 bridgehead atoms. The monoisotopic (exact) mass is 324 g/mol. The Balaban J connectivity index is 2.25. The first kappa shape index (κ1) is 13.5. The summed E-state index contributed by atoms with van der Waals surface area (Å²) in [5, 5.41) is 0. The molecule has 1 aromatic heterocycles.